The zero-order valence-electron chi connectivity index (χ0n) is 16.2. The van der Waals surface area contributed by atoms with Crippen molar-refractivity contribution < 1.29 is 22.7 Å². The van der Waals surface area contributed by atoms with Gasteiger partial charge in [0.15, 0.2) is 11.5 Å². The lowest BCUT2D eigenvalue weighted by atomic mass is 10.1. The summed E-state index contributed by atoms with van der Waals surface area (Å²) in [6.07, 6.45) is 2.03. The molecule has 0 saturated carbocycles. The summed E-state index contributed by atoms with van der Waals surface area (Å²) in [6, 6.07) is 13.4. The van der Waals surface area contributed by atoms with E-state index in [0.717, 1.165) is 19.3 Å². The van der Waals surface area contributed by atoms with Gasteiger partial charge in [-0.1, -0.05) is 18.6 Å². The number of fused-ring (bicyclic) bond motifs is 1. The fourth-order valence-electron chi connectivity index (χ4n) is 3.65. The van der Waals surface area contributed by atoms with E-state index in [1.165, 1.54) is 12.1 Å². The molecular formula is C21H24N2O5S. The smallest absolute Gasteiger partial charge is 0.269 e. The Hall–Kier alpha value is -2.58. The van der Waals surface area contributed by atoms with Crippen LogP contribution < -0.4 is 14.8 Å². The summed E-state index contributed by atoms with van der Waals surface area (Å²) < 4.78 is 38.6. The summed E-state index contributed by atoms with van der Waals surface area (Å²) in [5.74, 6) is 0.786. The molecule has 154 valence electrons. The SMILES string of the molecule is C[C@H]1CCCCN1S(=O)(=O)c1ccc(NC(=O)[C@@H]2COc3ccccc3O2)cc1. The number of sulfonamides is 1. The molecule has 1 fully saturated rings. The number of hydrogen-bond donors (Lipinski definition) is 1. The predicted octanol–water partition coefficient (Wildman–Crippen LogP) is 3.03. The van der Waals surface area contributed by atoms with E-state index < -0.39 is 16.1 Å². The molecule has 0 bridgehead atoms. The van der Waals surface area contributed by atoms with E-state index in [2.05, 4.69) is 5.32 Å². The number of carbonyl (C=O) groups is 1. The molecule has 0 aromatic heterocycles. The molecule has 1 N–H and O–H groups in total. The van der Waals surface area contributed by atoms with Gasteiger partial charge in [-0.3, -0.25) is 4.79 Å². The summed E-state index contributed by atoms with van der Waals surface area (Å²) >= 11 is 0. The van der Waals surface area contributed by atoms with Gasteiger partial charge in [0.25, 0.3) is 5.91 Å². The normalized spacial score (nSPS) is 22.1. The van der Waals surface area contributed by atoms with Crippen molar-refractivity contribution in [2.75, 3.05) is 18.5 Å². The number of piperidine rings is 1. The number of anilines is 1. The molecule has 0 spiro atoms. The molecule has 0 radical (unpaired) electrons. The Morgan fingerprint density at radius 3 is 2.52 bits per heavy atom. The first kappa shape index (κ1) is 19.7. The third kappa shape index (κ3) is 4.09. The van der Waals surface area contributed by atoms with Gasteiger partial charge >= 0.3 is 0 Å². The second kappa shape index (κ2) is 8.04. The first-order valence-corrected chi connectivity index (χ1v) is 11.2. The van der Waals surface area contributed by atoms with E-state index >= 15 is 0 Å². The summed E-state index contributed by atoms with van der Waals surface area (Å²) in [5.41, 5.74) is 0.503. The standard InChI is InChI=1S/C21H24N2O5S/c1-15-6-4-5-13-23(15)29(25,26)17-11-9-16(10-12-17)22-21(24)20-14-27-18-7-2-3-8-19(18)28-20/h2-3,7-12,15,20H,4-6,13-14H2,1H3,(H,22,24)/t15-,20-/m0/s1. The quantitative estimate of drug-likeness (QED) is 0.828. The van der Waals surface area contributed by atoms with Crippen LogP contribution in [0.5, 0.6) is 11.5 Å². The minimum absolute atomic E-state index is 0.000503. The molecule has 2 atom stereocenters. The fourth-order valence-corrected chi connectivity index (χ4v) is 5.35. The number of nitrogens with zero attached hydrogens (tertiary/aromatic N) is 1. The van der Waals surface area contributed by atoms with Gasteiger partial charge in [-0.05, 0) is 56.2 Å². The van der Waals surface area contributed by atoms with Crippen LogP contribution in [0.2, 0.25) is 0 Å². The largest absolute Gasteiger partial charge is 0.485 e. The number of para-hydroxylation sites is 2. The molecule has 2 aromatic carbocycles. The predicted molar refractivity (Wildman–Crippen MR) is 109 cm³/mol. The van der Waals surface area contributed by atoms with Crippen LogP contribution in [0.25, 0.3) is 0 Å². The second-order valence-corrected chi connectivity index (χ2v) is 9.23. The van der Waals surface area contributed by atoms with Gasteiger partial charge in [-0.25, -0.2) is 8.42 Å². The minimum Gasteiger partial charge on any atom is -0.485 e. The van der Waals surface area contributed by atoms with Crippen LogP contribution in [0, 0.1) is 0 Å². The van der Waals surface area contributed by atoms with Crippen LogP contribution in [0.3, 0.4) is 0 Å². The number of rotatable bonds is 4. The highest BCUT2D eigenvalue weighted by atomic mass is 32.2. The average molecular weight is 416 g/mol. The van der Waals surface area contributed by atoms with Gasteiger partial charge in [0, 0.05) is 18.3 Å². The molecule has 2 aromatic rings. The third-order valence-electron chi connectivity index (χ3n) is 5.27. The first-order chi connectivity index (χ1) is 13.9. The zero-order chi connectivity index (χ0) is 20.4. The van der Waals surface area contributed by atoms with Crippen molar-refractivity contribution in [3.8, 4) is 11.5 Å². The molecule has 2 aliphatic heterocycles. The molecule has 7 nitrogen and oxygen atoms in total. The van der Waals surface area contributed by atoms with Crippen LogP contribution in [0.1, 0.15) is 26.2 Å². The van der Waals surface area contributed by atoms with Crippen LogP contribution >= 0.6 is 0 Å². The van der Waals surface area contributed by atoms with Gasteiger partial charge in [0.05, 0.1) is 4.90 Å². The Kier molecular flexibility index (Phi) is 5.47. The molecule has 1 saturated heterocycles. The van der Waals surface area contributed by atoms with Crippen molar-refractivity contribution in [1.29, 1.82) is 0 Å². The maximum Gasteiger partial charge on any atom is 0.269 e. The number of hydrogen-bond acceptors (Lipinski definition) is 5. The first-order valence-electron chi connectivity index (χ1n) is 9.76. The van der Waals surface area contributed by atoms with Gasteiger partial charge in [-0.2, -0.15) is 4.31 Å². The number of ether oxygens (including phenoxy) is 2. The lowest BCUT2D eigenvalue weighted by Crippen LogP contribution is -2.41. The van der Waals surface area contributed by atoms with Crippen LogP contribution in [-0.4, -0.2) is 43.9 Å². The summed E-state index contributed by atoms with van der Waals surface area (Å²) in [7, 11) is -3.53. The van der Waals surface area contributed by atoms with Gasteiger partial charge in [-0.15, -0.1) is 0 Å². The Balaban J connectivity index is 1.43. The summed E-state index contributed by atoms with van der Waals surface area (Å²) in [4.78, 5) is 12.7. The lowest BCUT2D eigenvalue weighted by Gasteiger charge is -2.32. The molecule has 1 amide bonds. The van der Waals surface area contributed by atoms with E-state index in [-0.39, 0.29) is 23.5 Å². The molecule has 29 heavy (non-hydrogen) atoms. The lowest BCUT2D eigenvalue weighted by molar-refractivity contribution is -0.125. The average Bonchev–Trinajstić information content (AvgIpc) is 2.74. The summed E-state index contributed by atoms with van der Waals surface area (Å²) in [5, 5.41) is 2.76. The molecule has 2 aliphatic rings. The number of nitrogens with one attached hydrogen (secondary N) is 1. The Morgan fingerprint density at radius 1 is 1.07 bits per heavy atom. The maximum absolute atomic E-state index is 12.9. The van der Waals surface area contributed by atoms with Crippen molar-refractivity contribution >= 4 is 21.6 Å². The van der Waals surface area contributed by atoms with Crippen molar-refractivity contribution in [2.24, 2.45) is 0 Å². The van der Waals surface area contributed by atoms with E-state index in [9.17, 15) is 13.2 Å². The van der Waals surface area contributed by atoms with E-state index in [1.54, 1.807) is 28.6 Å². The van der Waals surface area contributed by atoms with Crippen molar-refractivity contribution in [2.45, 2.75) is 43.2 Å². The Bertz CT molecular complexity index is 990. The maximum atomic E-state index is 12.9. The molecule has 4 rings (SSSR count). The van der Waals surface area contributed by atoms with E-state index in [0.29, 0.717) is 23.7 Å². The Labute approximate surface area is 170 Å². The molecule has 8 heteroatoms. The number of carbonyl (C=O) groups excluding carboxylic acids is 1. The molecule has 2 heterocycles. The summed E-state index contributed by atoms with van der Waals surface area (Å²) in [6.45, 7) is 2.60. The van der Waals surface area contributed by atoms with Crippen LogP contribution in [0.15, 0.2) is 53.4 Å². The topological polar surface area (TPSA) is 84.9 Å². The second-order valence-electron chi connectivity index (χ2n) is 7.34. The van der Waals surface area contributed by atoms with Gasteiger partial charge in [0.1, 0.15) is 6.61 Å². The fraction of sp³-hybridized carbons (Fsp3) is 0.381. The highest BCUT2D eigenvalue weighted by Crippen LogP contribution is 2.31. The number of benzene rings is 2. The van der Waals surface area contributed by atoms with Gasteiger partial charge in [0.2, 0.25) is 16.1 Å². The molecule has 0 aliphatic carbocycles. The van der Waals surface area contributed by atoms with Crippen molar-refractivity contribution in [3.63, 3.8) is 0 Å². The third-order valence-corrected chi connectivity index (χ3v) is 7.30. The molecule has 0 unspecified atom stereocenters. The van der Waals surface area contributed by atoms with Crippen molar-refractivity contribution in [3.05, 3.63) is 48.5 Å². The van der Waals surface area contributed by atoms with Gasteiger partial charge < -0.3 is 14.8 Å². The Morgan fingerprint density at radius 2 is 1.79 bits per heavy atom. The highest BCUT2D eigenvalue weighted by molar-refractivity contribution is 7.89. The zero-order valence-corrected chi connectivity index (χ0v) is 17.0. The van der Waals surface area contributed by atoms with Crippen molar-refractivity contribution in [1.82, 2.24) is 4.31 Å². The monoisotopic (exact) mass is 416 g/mol. The molecular weight excluding hydrogens is 392 g/mol. The minimum atomic E-state index is -3.53. The van der Waals surface area contributed by atoms with Crippen LogP contribution in [-0.2, 0) is 14.8 Å². The van der Waals surface area contributed by atoms with E-state index in [1.807, 2.05) is 19.1 Å². The highest BCUT2D eigenvalue weighted by Gasteiger charge is 2.31. The van der Waals surface area contributed by atoms with E-state index in [4.69, 9.17) is 9.47 Å². The van der Waals surface area contributed by atoms with Crippen LogP contribution in [0.4, 0.5) is 5.69 Å². The number of amides is 1.